The van der Waals surface area contributed by atoms with Crippen LogP contribution in [-0.2, 0) is 0 Å². The molecule has 3 N–H and O–H groups in total. The molecule has 0 saturated carbocycles. The second-order valence-electron chi connectivity index (χ2n) is 2.32. The van der Waals surface area contributed by atoms with Crippen LogP contribution in [0.25, 0.3) is 0 Å². The summed E-state index contributed by atoms with van der Waals surface area (Å²) in [6.45, 7) is 2.39. The van der Waals surface area contributed by atoms with Crippen molar-refractivity contribution in [1.82, 2.24) is 10.4 Å². The minimum Gasteiger partial charge on any atom is -0.308 e. The Morgan fingerprint density at radius 3 is 3.08 bits per heavy atom. The van der Waals surface area contributed by atoms with Gasteiger partial charge < -0.3 is 5.43 Å². The molecule has 0 aromatic carbocycles. The number of halogens is 1. The van der Waals surface area contributed by atoms with Gasteiger partial charge in [0, 0.05) is 12.7 Å². The van der Waals surface area contributed by atoms with E-state index in [1.165, 1.54) is 12.3 Å². The number of hydrogen-bond donors (Lipinski definition) is 2. The zero-order valence-electron chi connectivity index (χ0n) is 7.29. The van der Waals surface area contributed by atoms with Crippen LogP contribution < -0.4 is 11.3 Å². The number of nitrogens with one attached hydrogen (secondary N) is 1. The van der Waals surface area contributed by atoms with Crippen LogP contribution in [0.2, 0.25) is 0 Å². The average Bonchev–Trinajstić information content (AvgIpc) is 2.16. The molecule has 1 rings (SSSR count). The maximum Gasteiger partial charge on any atom is 0.152 e. The van der Waals surface area contributed by atoms with Crippen molar-refractivity contribution in [1.29, 1.82) is 0 Å². The number of rotatable bonds is 2. The second kappa shape index (κ2) is 4.51. The highest BCUT2D eigenvalue weighted by molar-refractivity contribution is 5.98. The van der Waals surface area contributed by atoms with Crippen molar-refractivity contribution in [3.63, 3.8) is 0 Å². The van der Waals surface area contributed by atoms with Crippen molar-refractivity contribution in [2.45, 2.75) is 6.92 Å². The Hall–Kier alpha value is -1.49. The molecule has 70 valence electrons. The third kappa shape index (κ3) is 2.22. The summed E-state index contributed by atoms with van der Waals surface area (Å²) in [7, 11) is 0. The molecule has 0 aliphatic rings. The van der Waals surface area contributed by atoms with Gasteiger partial charge in [0.2, 0.25) is 0 Å². The Balaban J connectivity index is 3.05. The topological polar surface area (TPSA) is 63.3 Å². The van der Waals surface area contributed by atoms with Crippen molar-refractivity contribution in [2.75, 3.05) is 6.54 Å². The standard InChI is InChI=1S/C8H11FN4/c1-2-12-8(13-10)6-3-4-11-5-7(6)9/h3-5H,2,10H2,1H3,(H,12,13). The van der Waals surface area contributed by atoms with E-state index in [0.717, 1.165) is 6.20 Å². The van der Waals surface area contributed by atoms with Crippen LogP contribution in [0, 0.1) is 5.82 Å². The van der Waals surface area contributed by atoms with Gasteiger partial charge >= 0.3 is 0 Å². The van der Waals surface area contributed by atoms with Gasteiger partial charge in [-0.2, -0.15) is 0 Å². The van der Waals surface area contributed by atoms with Crippen LogP contribution in [0.5, 0.6) is 0 Å². The van der Waals surface area contributed by atoms with E-state index in [0.29, 0.717) is 17.9 Å². The summed E-state index contributed by atoms with van der Waals surface area (Å²) >= 11 is 0. The zero-order chi connectivity index (χ0) is 9.68. The molecule has 0 amide bonds. The third-order valence-corrected chi connectivity index (χ3v) is 1.48. The number of pyridine rings is 1. The van der Waals surface area contributed by atoms with Gasteiger partial charge in [-0.25, -0.2) is 10.2 Å². The first kappa shape index (κ1) is 9.60. The quantitative estimate of drug-likeness (QED) is 0.302. The highest BCUT2D eigenvalue weighted by Gasteiger charge is 2.06. The van der Waals surface area contributed by atoms with Gasteiger partial charge in [-0.15, -0.1) is 0 Å². The first-order valence-electron chi connectivity index (χ1n) is 3.90. The Bertz CT molecular complexity index is 311. The van der Waals surface area contributed by atoms with E-state index in [-0.39, 0.29) is 0 Å². The SMILES string of the molecule is CCN=C(NN)c1ccncc1F. The molecule has 0 spiro atoms. The zero-order valence-corrected chi connectivity index (χ0v) is 7.29. The van der Waals surface area contributed by atoms with Crippen LogP contribution in [-0.4, -0.2) is 17.4 Å². The third-order valence-electron chi connectivity index (χ3n) is 1.48. The molecule has 0 aliphatic heterocycles. The lowest BCUT2D eigenvalue weighted by Gasteiger charge is -2.05. The van der Waals surface area contributed by atoms with Crippen molar-refractivity contribution in [3.05, 3.63) is 29.8 Å². The molecule has 1 heterocycles. The highest BCUT2D eigenvalue weighted by atomic mass is 19.1. The van der Waals surface area contributed by atoms with Crippen LogP contribution in [0.15, 0.2) is 23.5 Å². The van der Waals surface area contributed by atoms with E-state index < -0.39 is 5.82 Å². The molecule has 4 nitrogen and oxygen atoms in total. The summed E-state index contributed by atoms with van der Waals surface area (Å²) in [4.78, 5) is 7.61. The molecule has 0 bridgehead atoms. The normalized spacial score (nSPS) is 11.5. The first-order chi connectivity index (χ1) is 6.29. The molecular formula is C8H11FN4. The molecular weight excluding hydrogens is 171 g/mol. The maximum atomic E-state index is 13.1. The van der Waals surface area contributed by atoms with Crippen LogP contribution in [0.3, 0.4) is 0 Å². The predicted molar refractivity (Wildman–Crippen MR) is 48.6 cm³/mol. The van der Waals surface area contributed by atoms with Crippen molar-refractivity contribution in [2.24, 2.45) is 10.8 Å². The number of nitrogens with two attached hydrogens (primary N) is 1. The Morgan fingerprint density at radius 2 is 2.54 bits per heavy atom. The lowest BCUT2D eigenvalue weighted by Crippen LogP contribution is -2.32. The fourth-order valence-corrected chi connectivity index (χ4v) is 0.934. The van der Waals surface area contributed by atoms with Crippen LogP contribution in [0.1, 0.15) is 12.5 Å². The second-order valence-corrected chi connectivity index (χ2v) is 2.32. The summed E-state index contributed by atoms with van der Waals surface area (Å²) in [5.41, 5.74) is 2.68. The van der Waals surface area contributed by atoms with Crippen molar-refractivity contribution >= 4 is 5.84 Å². The van der Waals surface area contributed by atoms with Crippen LogP contribution in [0.4, 0.5) is 4.39 Å². The lowest BCUT2D eigenvalue weighted by atomic mass is 10.2. The molecule has 0 atom stereocenters. The van der Waals surface area contributed by atoms with Gasteiger partial charge in [0.25, 0.3) is 0 Å². The number of hydrogen-bond acceptors (Lipinski definition) is 3. The molecule has 0 radical (unpaired) electrons. The van der Waals surface area contributed by atoms with Crippen molar-refractivity contribution < 1.29 is 4.39 Å². The van der Waals surface area contributed by atoms with Gasteiger partial charge in [0.15, 0.2) is 5.82 Å². The number of nitrogens with zero attached hydrogens (tertiary/aromatic N) is 2. The Morgan fingerprint density at radius 1 is 1.77 bits per heavy atom. The molecule has 13 heavy (non-hydrogen) atoms. The maximum absolute atomic E-state index is 13.1. The number of hydrazine groups is 1. The van der Waals surface area contributed by atoms with E-state index in [4.69, 9.17) is 5.84 Å². The highest BCUT2D eigenvalue weighted by Crippen LogP contribution is 2.04. The number of amidine groups is 1. The van der Waals surface area contributed by atoms with Gasteiger partial charge in [0.1, 0.15) is 5.84 Å². The van der Waals surface area contributed by atoms with Gasteiger partial charge in [-0.1, -0.05) is 0 Å². The van der Waals surface area contributed by atoms with Gasteiger partial charge in [0.05, 0.1) is 11.8 Å². The fraction of sp³-hybridized carbons (Fsp3) is 0.250. The molecule has 1 aromatic rings. The Kier molecular flexibility index (Phi) is 3.33. The molecule has 1 aromatic heterocycles. The van der Waals surface area contributed by atoms with E-state index in [2.05, 4.69) is 15.4 Å². The summed E-state index contributed by atoms with van der Waals surface area (Å²) in [6, 6.07) is 1.52. The lowest BCUT2D eigenvalue weighted by molar-refractivity contribution is 0.617. The molecule has 0 fully saturated rings. The molecule has 0 unspecified atom stereocenters. The van der Waals surface area contributed by atoms with E-state index >= 15 is 0 Å². The number of aromatic nitrogens is 1. The average molecular weight is 182 g/mol. The largest absolute Gasteiger partial charge is 0.308 e. The smallest absolute Gasteiger partial charge is 0.152 e. The van der Waals surface area contributed by atoms with E-state index in [1.54, 1.807) is 0 Å². The Labute approximate surface area is 75.7 Å². The predicted octanol–water partition coefficient (Wildman–Crippen LogP) is 0.451. The molecule has 0 saturated heterocycles. The first-order valence-corrected chi connectivity index (χ1v) is 3.90. The van der Waals surface area contributed by atoms with E-state index in [1.807, 2.05) is 6.92 Å². The van der Waals surface area contributed by atoms with Gasteiger partial charge in [-0.05, 0) is 13.0 Å². The summed E-state index contributed by atoms with van der Waals surface area (Å²) in [6.07, 6.45) is 2.61. The van der Waals surface area contributed by atoms with Crippen LogP contribution >= 0.6 is 0 Å². The number of aliphatic imine (C=N–C) groups is 1. The van der Waals surface area contributed by atoms with Crippen molar-refractivity contribution in [3.8, 4) is 0 Å². The van der Waals surface area contributed by atoms with E-state index in [9.17, 15) is 4.39 Å². The minimum atomic E-state index is -0.437. The summed E-state index contributed by atoms with van der Waals surface area (Å²) in [5.74, 6) is 5.09. The van der Waals surface area contributed by atoms with Gasteiger partial charge in [-0.3, -0.25) is 9.98 Å². The fourth-order valence-electron chi connectivity index (χ4n) is 0.934. The summed E-state index contributed by atoms with van der Waals surface area (Å²) < 4.78 is 13.1. The molecule has 5 heteroatoms. The molecule has 0 aliphatic carbocycles. The summed E-state index contributed by atoms with van der Waals surface area (Å²) in [5, 5.41) is 0. The monoisotopic (exact) mass is 182 g/mol. The minimum absolute atomic E-state index is 0.333.